The van der Waals surface area contributed by atoms with E-state index in [1.54, 1.807) is 18.1 Å². The van der Waals surface area contributed by atoms with Crippen molar-refractivity contribution in [2.75, 3.05) is 50.1 Å². The van der Waals surface area contributed by atoms with Crippen LogP contribution in [0.15, 0.2) is 55.3 Å². The molecule has 7 nitrogen and oxygen atoms in total. The molecule has 160 valence electrons. The molecule has 2 fully saturated rings. The van der Waals surface area contributed by atoms with Crippen molar-refractivity contribution in [1.29, 1.82) is 0 Å². The zero-order valence-corrected chi connectivity index (χ0v) is 18.1. The predicted octanol–water partition coefficient (Wildman–Crippen LogP) is 2.63. The van der Waals surface area contributed by atoms with Gasteiger partial charge in [-0.25, -0.2) is 4.98 Å². The van der Waals surface area contributed by atoms with Crippen LogP contribution in [0.5, 0.6) is 0 Å². The van der Waals surface area contributed by atoms with Crippen LogP contribution in [0, 0.1) is 11.8 Å². The van der Waals surface area contributed by atoms with Gasteiger partial charge < -0.3 is 19.3 Å². The fraction of sp³-hybridized carbons (Fsp3) is 0.375. The number of hydrogen-bond acceptors (Lipinski definition) is 5. The number of imidazole rings is 1. The fourth-order valence-corrected chi connectivity index (χ4v) is 4.98. The highest BCUT2D eigenvalue weighted by Crippen LogP contribution is 2.35. The van der Waals surface area contributed by atoms with Gasteiger partial charge in [-0.2, -0.15) is 4.98 Å². The second-order valence-corrected chi connectivity index (χ2v) is 8.77. The Hall–Kier alpha value is -3.19. The predicted molar refractivity (Wildman–Crippen MR) is 123 cm³/mol. The molecular weight excluding hydrogens is 388 g/mol. The minimum Gasteiger partial charge on any atom is -0.341 e. The van der Waals surface area contributed by atoms with Gasteiger partial charge in [-0.15, -0.1) is 0 Å². The Morgan fingerprint density at radius 1 is 1.19 bits per heavy atom. The van der Waals surface area contributed by atoms with E-state index < -0.39 is 0 Å². The molecule has 0 aliphatic carbocycles. The van der Waals surface area contributed by atoms with Gasteiger partial charge in [-0.1, -0.05) is 36.9 Å². The zero-order valence-electron chi connectivity index (χ0n) is 18.1. The maximum Gasteiger partial charge on any atom is 0.250 e. The molecule has 2 aliphatic heterocycles. The Kier molecular flexibility index (Phi) is 4.98. The Balaban J connectivity index is 1.56. The lowest BCUT2D eigenvalue weighted by Gasteiger charge is -2.22. The van der Waals surface area contributed by atoms with Gasteiger partial charge in [0.1, 0.15) is 0 Å². The lowest BCUT2D eigenvalue weighted by Crippen LogP contribution is -2.29. The molecule has 4 heterocycles. The zero-order chi connectivity index (χ0) is 21.5. The van der Waals surface area contributed by atoms with Crippen LogP contribution in [-0.2, 0) is 11.3 Å². The van der Waals surface area contributed by atoms with Crippen molar-refractivity contribution in [2.45, 2.75) is 6.54 Å². The molecule has 0 spiro atoms. The van der Waals surface area contributed by atoms with Crippen LogP contribution in [-0.4, -0.2) is 65.6 Å². The summed E-state index contributed by atoms with van der Waals surface area (Å²) in [6, 6.07) is 12.4. The Morgan fingerprint density at radius 2 is 1.90 bits per heavy atom. The Morgan fingerprint density at radius 3 is 2.58 bits per heavy atom. The summed E-state index contributed by atoms with van der Waals surface area (Å²) < 4.78 is 2.25. The first kappa shape index (κ1) is 19.8. The summed E-state index contributed by atoms with van der Waals surface area (Å²) in [5.41, 5.74) is 3.60. The first-order valence-electron chi connectivity index (χ1n) is 10.8. The Bertz CT molecular complexity index is 1110. The van der Waals surface area contributed by atoms with E-state index in [-0.39, 0.29) is 5.91 Å². The molecule has 0 radical (unpaired) electrons. The number of benzene rings is 1. The number of likely N-dealkylation sites (tertiary alicyclic amines) is 1. The van der Waals surface area contributed by atoms with Crippen molar-refractivity contribution in [3.05, 3.63) is 60.8 Å². The number of rotatable bonds is 5. The van der Waals surface area contributed by atoms with E-state index in [0.717, 1.165) is 43.3 Å². The maximum atomic E-state index is 12.1. The average Bonchev–Trinajstić information content (AvgIpc) is 3.44. The average molecular weight is 417 g/mol. The van der Waals surface area contributed by atoms with E-state index in [1.807, 2.05) is 12.1 Å². The van der Waals surface area contributed by atoms with E-state index >= 15 is 0 Å². The summed E-state index contributed by atoms with van der Waals surface area (Å²) in [4.78, 5) is 28.1. The van der Waals surface area contributed by atoms with Crippen LogP contribution in [0.1, 0.15) is 5.56 Å². The molecule has 5 rings (SSSR count). The van der Waals surface area contributed by atoms with Crippen molar-refractivity contribution < 1.29 is 4.79 Å². The number of likely N-dealkylation sites (N-methyl/N-ethyl adjacent to an activating group) is 1. The summed E-state index contributed by atoms with van der Waals surface area (Å²) in [5, 5.41) is 0. The topological polar surface area (TPSA) is 57.5 Å². The minimum atomic E-state index is -0.160. The van der Waals surface area contributed by atoms with Crippen molar-refractivity contribution in [3.8, 4) is 0 Å². The van der Waals surface area contributed by atoms with Gasteiger partial charge >= 0.3 is 0 Å². The molecule has 2 aliphatic rings. The van der Waals surface area contributed by atoms with Gasteiger partial charge in [0.05, 0.1) is 23.9 Å². The molecule has 0 unspecified atom stereocenters. The van der Waals surface area contributed by atoms with Crippen LogP contribution < -0.4 is 9.80 Å². The number of amides is 1. The van der Waals surface area contributed by atoms with Gasteiger partial charge in [0.25, 0.3) is 0 Å². The highest BCUT2D eigenvalue weighted by Gasteiger charge is 2.40. The lowest BCUT2D eigenvalue weighted by molar-refractivity contribution is -0.113. The number of anilines is 2. The number of fused-ring (bicyclic) bond motifs is 2. The summed E-state index contributed by atoms with van der Waals surface area (Å²) in [7, 11) is 3.95. The molecule has 3 aromatic rings. The summed E-state index contributed by atoms with van der Waals surface area (Å²) in [6.45, 7) is 8.65. The normalized spacial score (nSPS) is 20.9. The second kappa shape index (κ2) is 7.81. The number of carbonyl (C=O) groups is 1. The van der Waals surface area contributed by atoms with Crippen LogP contribution in [0.2, 0.25) is 0 Å². The monoisotopic (exact) mass is 416 g/mol. The van der Waals surface area contributed by atoms with E-state index in [1.165, 1.54) is 11.6 Å². The molecule has 2 saturated heterocycles. The largest absolute Gasteiger partial charge is 0.341 e. The van der Waals surface area contributed by atoms with Gasteiger partial charge in [0.2, 0.25) is 11.9 Å². The van der Waals surface area contributed by atoms with Crippen LogP contribution in [0.3, 0.4) is 0 Å². The first-order chi connectivity index (χ1) is 15.0. The third-order valence-corrected chi connectivity index (χ3v) is 6.60. The van der Waals surface area contributed by atoms with Gasteiger partial charge in [0.15, 0.2) is 5.65 Å². The SMILES string of the molecule is C=CC(=O)N(C)c1cnc2nc(N3C[C@H]4CN(C)C[C@H]4C3)n(Cc3ccccc3)c2c1. The number of aromatic nitrogens is 3. The third-order valence-electron chi connectivity index (χ3n) is 6.60. The fourth-order valence-electron chi connectivity index (χ4n) is 4.98. The molecule has 0 N–H and O–H groups in total. The highest BCUT2D eigenvalue weighted by molar-refractivity contribution is 6.01. The van der Waals surface area contributed by atoms with E-state index in [4.69, 9.17) is 4.98 Å². The van der Waals surface area contributed by atoms with Gasteiger partial charge in [0, 0.05) is 33.2 Å². The quantitative estimate of drug-likeness (QED) is 0.599. The summed E-state index contributed by atoms with van der Waals surface area (Å²) >= 11 is 0. The third kappa shape index (κ3) is 3.59. The van der Waals surface area contributed by atoms with Crippen molar-refractivity contribution >= 4 is 28.7 Å². The number of nitrogens with zero attached hydrogens (tertiary/aromatic N) is 6. The van der Waals surface area contributed by atoms with Crippen molar-refractivity contribution in [2.24, 2.45) is 11.8 Å². The summed E-state index contributed by atoms with van der Waals surface area (Å²) in [5.74, 6) is 2.19. The molecule has 7 heteroatoms. The maximum absolute atomic E-state index is 12.1. The smallest absolute Gasteiger partial charge is 0.250 e. The van der Waals surface area contributed by atoms with Crippen LogP contribution in [0.25, 0.3) is 11.2 Å². The molecule has 0 saturated carbocycles. The number of hydrogen-bond donors (Lipinski definition) is 0. The van der Waals surface area contributed by atoms with Crippen molar-refractivity contribution in [3.63, 3.8) is 0 Å². The second-order valence-electron chi connectivity index (χ2n) is 8.77. The minimum absolute atomic E-state index is 0.160. The molecule has 1 amide bonds. The highest BCUT2D eigenvalue weighted by atomic mass is 16.2. The van der Waals surface area contributed by atoms with Crippen LogP contribution in [0.4, 0.5) is 11.6 Å². The van der Waals surface area contributed by atoms with Gasteiger partial charge in [-0.05, 0) is 36.6 Å². The lowest BCUT2D eigenvalue weighted by atomic mass is 10.0. The molecule has 2 aromatic heterocycles. The molecule has 1 aromatic carbocycles. The summed E-state index contributed by atoms with van der Waals surface area (Å²) in [6.07, 6.45) is 3.03. The Labute approximate surface area is 182 Å². The number of carbonyl (C=O) groups excluding carboxylic acids is 1. The standard InChI is InChI=1S/C24H28N6O/c1-4-22(31)28(3)20-10-21-23(25-11-20)26-24(30(21)12-17-8-6-5-7-9-17)29-15-18-13-27(2)14-19(18)16-29/h4-11,18-19H,1,12-16H2,2-3H3/t18-,19+. The van der Waals surface area contributed by atoms with Crippen molar-refractivity contribution in [1.82, 2.24) is 19.4 Å². The molecule has 2 atom stereocenters. The van der Waals surface area contributed by atoms with E-state index in [2.05, 4.69) is 57.2 Å². The molecule has 31 heavy (non-hydrogen) atoms. The van der Waals surface area contributed by atoms with E-state index in [0.29, 0.717) is 24.0 Å². The van der Waals surface area contributed by atoms with Crippen LogP contribution >= 0.6 is 0 Å². The first-order valence-corrected chi connectivity index (χ1v) is 10.8. The number of pyridine rings is 1. The van der Waals surface area contributed by atoms with E-state index in [9.17, 15) is 4.79 Å². The van der Waals surface area contributed by atoms with Gasteiger partial charge in [-0.3, -0.25) is 4.79 Å². The molecule has 0 bridgehead atoms. The molecular formula is C24H28N6O.